The molecule has 1 heterocycles. The molecule has 12 nitrogen and oxygen atoms in total. The first-order chi connectivity index (χ1) is 26.3. The Bertz CT molecular complexity index is 1620. The van der Waals surface area contributed by atoms with Crippen molar-refractivity contribution in [3.63, 3.8) is 0 Å². The molecule has 2 aliphatic carbocycles. The van der Waals surface area contributed by atoms with Crippen molar-refractivity contribution in [1.82, 2.24) is 10.2 Å². The summed E-state index contributed by atoms with van der Waals surface area (Å²) in [6.45, 7) is 6.72. The lowest BCUT2D eigenvalue weighted by molar-refractivity contribution is -0.253. The summed E-state index contributed by atoms with van der Waals surface area (Å²) in [6.07, 6.45) is 7.42. The number of benzene rings is 2. The van der Waals surface area contributed by atoms with Gasteiger partial charge in [0.05, 0.1) is 24.1 Å². The highest BCUT2D eigenvalue weighted by molar-refractivity contribution is 6.18. The number of likely N-dealkylation sites (N-methyl/N-ethyl adjacent to an activating group) is 1. The molecule has 2 amide bonds. The molecule has 6 atom stereocenters. The number of nitrogens with one attached hydrogen (secondary N) is 1. The van der Waals surface area contributed by atoms with Gasteiger partial charge in [-0.05, 0) is 73.8 Å². The Kier molecular flexibility index (Phi) is 15.2. The lowest BCUT2D eigenvalue weighted by Gasteiger charge is -2.59. The van der Waals surface area contributed by atoms with Crippen LogP contribution in [0.1, 0.15) is 68.9 Å². The van der Waals surface area contributed by atoms with Gasteiger partial charge in [0.1, 0.15) is 30.8 Å². The zero-order valence-corrected chi connectivity index (χ0v) is 32.0. The van der Waals surface area contributed by atoms with Crippen molar-refractivity contribution < 1.29 is 43.6 Å². The molecule has 3 aliphatic rings. The Hall–Kier alpha value is -4.10. The third kappa shape index (κ3) is 9.39. The topological polar surface area (TPSA) is 148 Å². The number of oxime groups is 1. The van der Waals surface area contributed by atoms with Crippen molar-refractivity contribution in [2.45, 2.75) is 76.2 Å². The van der Waals surface area contributed by atoms with Crippen molar-refractivity contribution in [2.24, 2.45) is 22.9 Å². The second-order valence-corrected chi connectivity index (χ2v) is 14.2. The van der Waals surface area contributed by atoms with Crippen LogP contribution in [0.25, 0.3) is 0 Å². The predicted octanol–water partition coefficient (Wildman–Crippen LogP) is 6.94. The maximum Gasteiger partial charge on any atom is 0.412 e. The number of carbonyl (C=O) groups excluding carboxylic acids is 2. The lowest BCUT2D eigenvalue weighted by atomic mass is 9.55. The van der Waals surface area contributed by atoms with E-state index in [1.54, 1.807) is 25.3 Å². The Morgan fingerprint density at radius 2 is 1.87 bits per heavy atom. The fourth-order valence-electron chi connectivity index (χ4n) is 8.19. The number of hydrogen-bond donors (Lipinski definition) is 3. The van der Waals surface area contributed by atoms with Crippen LogP contribution in [0.4, 0.5) is 9.59 Å². The Labute approximate surface area is 323 Å². The van der Waals surface area contributed by atoms with E-state index in [-0.39, 0.29) is 63.1 Å². The van der Waals surface area contributed by atoms with Crippen molar-refractivity contribution in [3.8, 4) is 11.5 Å². The molecule has 3 N–H and O–H groups in total. The van der Waals surface area contributed by atoms with E-state index in [9.17, 15) is 19.8 Å². The quantitative estimate of drug-likeness (QED) is 0.0599. The molecule has 0 radical (unpaired) electrons. The van der Waals surface area contributed by atoms with E-state index in [4.69, 9.17) is 40.5 Å². The number of fused-ring (bicyclic) bond motifs is 2. The van der Waals surface area contributed by atoms with Gasteiger partial charge in [0.2, 0.25) is 5.79 Å². The molecule has 2 aromatic rings. The van der Waals surface area contributed by atoms with Gasteiger partial charge < -0.3 is 44.2 Å². The highest BCUT2D eigenvalue weighted by Gasteiger charge is 2.65. The molecule has 0 saturated heterocycles. The highest BCUT2D eigenvalue weighted by atomic mass is 35.5. The van der Waals surface area contributed by atoms with Gasteiger partial charge in [0.15, 0.2) is 0 Å². The number of alkyl halides is 1. The SMILES string of the molecule is C=CCO[C@@]12Oc3ccc(OC(=O)NCC)cc3[C@H]3[C@H](CCCCO)[C@@H](CCCCO)C=C(C(=NOCc4ccccc4)C[C@@H]1N(C)C(=O)OCCCl)[C@H]32. The highest BCUT2D eigenvalue weighted by Crippen LogP contribution is 2.61. The van der Waals surface area contributed by atoms with Crippen molar-refractivity contribution in [2.75, 3.05) is 45.9 Å². The van der Waals surface area contributed by atoms with Gasteiger partial charge in [-0.1, -0.05) is 60.5 Å². The Morgan fingerprint density at radius 1 is 1.11 bits per heavy atom. The molecule has 294 valence electrons. The number of aliphatic hydroxyl groups is 2. The van der Waals surface area contributed by atoms with E-state index in [0.717, 1.165) is 42.4 Å². The number of amides is 2. The first-order valence-electron chi connectivity index (χ1n) is 19.0. The number of nitrogens with zero attached hydrogens (tertiary/aromatic N) is 2. The van der Waals surface area contributed by atoms with Crippen LogP contribution in [0, 0.1) is 17.8 Å². The fraction of sp³-hybridized carbons (Fsp3) is 0.537. The maximum atomic E-state index is 13.7. The predicted molar refractivity (Wildman–Crippen MR) is 206 cm³/mol. The molecule has 1 saturated carbocycles. The van der Waals surface area contributed by atoms with Gasteiger partial charge in [0, 0.05) is 44.7 Å². The van der Waals surface area contributed by atoms with E-state index in [1.807, 2.05) is 43.3 Å². The smallest absolute Gasteiger partial charge is 0.412 e. The van der Waals surface area contributed by atoms with Gasteiger partial charge in [-0.15, -0.1) is 18.2 Å². The first-order valence-corrected chi connectivity index (χ1v) is 19.5. The Morgan fingerprint density at radius 3 is 2.57 bits per heavy atom. The number of unbranched alkanes of at least 4 members (excludes halogenated alkanes) is 2. The summed E-state index contributed by atoms with van der Waals surface area (Å²) in [5.74, 6) is -1.13. The number of ether oxygens (including phenoxy) is 4. The minimum absolute atomic E-state index is 0.0109. The monoisotopic (exact) mass is 767 g/mol. The third-order valence-electron chi connectivity index (χ3n) is 10.5. The molecule has 1 aliphatic heterocycles. The lowest BCUT2D eigenvalue weighted by Crippen LogP contribution is -2.69. The van der Waals surface area contributed by atoms with Crippen LogP contribution < -0.4 is 14.8 Å². The van der Waals surface area contributed by atoms with Crippen LogP contribution in [0.2, 0.25) is 0 Å². The van der Waals surface area contributed by atoms with Crippen LogP contribution in [0.15, 0.2) is 78.0 Å². The normalized spacial score (nSPS) is 24.6. The zero-order chi connectivity index (χ0) is 38.5. The molecule has 0 aromatic heterocycles. The van der Waals surface area contributed by atoms with Crippen LogP contribution in [-0.4, -0.2) is 90.7 Å². The molecular formula is C41H54ClN3O9. The summed E-state index contributed by atoms with van der Waals surface area (Å²) in [5, 5.41) is 27.1. The second-order valence-electron chi connectivity index (χ2n) is 13.9. The summed E-state index contributed by atoms with van der Waals surface area (Å²) >= 11 is 5.92. The number of hydrogen-bond acceptors (Lipinski definition) is 10. The number of carbonyl (C=O) groups is 2. The molecule has 1 fully saturated rings. The summed E-state index contributed by atoms with van der Waals surface area (Å²) in [4.78, 5) is 33.8. The summed E-state index contributed by atoms with van der Waals surface area (Å²) in [6, 6.07) is 14.4. The van der Waals surface area contributed by atoms with E-state index < -0.39 is 29.9 Å². The Balaban J connectivity index is 1.73. The average Bonchev–Trinajstić information content (AvgIpc) is 3.18. The van der Waals surface area contributed by atoms with Crippen molar-refractivity contribution in [1.29, 1.82) is 0 Å². The van der Waals surface area contributed by atoms with E-state index in [0.29, 0.717) is 36.6 Å². The summed E-state index contributed by atoms with van der Waals surface area (Å²) in [5.41, 5.74) is 3.34. The average molecular weight is 768 g/mol. The standard InChI is InChI=1S/C41H54ClN3O9/c1-4-22-51-41-36(45(3)40(49)50-23-19-42)26-34(44-52-27-28-13-7-6-8-14-28)32-24-29(15-9-11-20-46)31(16-10-12-21-47)37(38(32)41)33-25-30(17-18-35(33)54-41)53-39(48)43-5-2/h4,6-8,13-14,17-18,24-25,29,31,36-38,46-47H,1,5,9-12,15-16,19-23,26-27H2,2-3H3,(H,43,48)/t29-,31+,36-,37+,38+,41+/m0/s1. The summed E-state index contributed by atoms with van der Waals surface area (Å²) < 4.78 is 25.2. The van der Waals surface area contributed by atoms with Crippen molar-refractivity contribution >= 4 is 29.5 Å². The molecular weight excluding hydrogens is 714 g/mol. The van der Waals surface area contributed by atoms with Crippen LogP contribution >= 0.6 is 11.6 Å². The van der Waals surface area contributed by atoms with Gasteiger partial charge in [-0.25, -0.2) is 9.59 Å². The molecule has 5 rings (SSSR count). The number of halogens is 1. The molecule has 2 aromatic carbocycles. The van der Waals surface area contributed by atoms with Crippen LogP contribution in [-0.2, 0) is 20.9 Å². The van der Waals surface area contributed by atoms with Crippen molar-refractivity contribution in [3.05, 3.63) is 84.0 Å². The second kappa shape index (κ2) is 20.0. The fourth-order valence-corrected chi connectivity index (χ4v) is 8.27. The van der Waals surface area contributed by atoms with E-state index in [1.165, 1.54) is 4.90 Å². The van der Waals surface area contributed by atoms with E-state index in [2.05, 4.69) is 18.0 Å². The minimum Gasteiger partial charge on any atom is -0.459 e. The largest absolute Gasteiger partial charge is 0.459 e. The van der Waals surface area contributed by atoms with Gasteiger partial charge in [-0.3, -0.25) is 0 Å². The van der Waals surface area contributed by atoms with Crippen LogP contribution in [0.5, 0.6) is 11.5 Å². The number of aliphatic hydroxyl groups excluding tert-OH is 2. The molecule has 13 heteroatoms. The number of allylic oxidation sites excluding steroid dienone is 1. The third-order valence-corrected chi connectivity index (χ3v) is 10.6. The molecule has 0 unspecified atom stereocenters. The van der Waals surface area contributed by atoms with Gasteiger partial charge in [0.25, 0.3) is 0 Å². The minimum atomic E-state index is -1.43. The van der Waals surface area contributed by atoms with Crippen LogP contribution in [0.3, 0.4) is 0 Å². The van der Waals surface area contributed by atoms with Gasteiger partial charge in [-0.2, -0.15) is 0 Å². The zero-order valence-electron chi connectivity index (χ0n) is 31.3. The van der Waals surface area contributed by atoms with Gasteiger partial charge >= 0.3 is 12.2 Å². The maximum absolute atomic E-state index is 13.7. The molecule has 0 spiro atoms. The molecule has 54 heavy (non-hydrogen) atoms. The first kappa shape index (κ1) is 41.1. The number of rotatable bonds is 19. The van der Waals surface area contributed by atoms with E-state index >= 15 is 0 Å². The molecule has 0 bridgehead atoms. The summed E-state index contributed by atoms with van der Waals surface area (Å²) in [7, 11) is 1.66.